The Morgan fingerprint density at radius 3 is 2.35 bits per heavy atom. The number of benzene rings is 3. The number of nitrogens with one attached hydrogen (secondary N) is 2. The van der Waals surface area contributed by atoms with Crippen molar-refractivity contribution in [3.63, 3.8) is 0 Å². The Labute approximate surface area is 151 Å². The third-order valence-electron chi connectivity index (χ3n) is 3.89. The predicted octanol–water partition coefficient (Wildman–Crippen LogP) is 4.63. The summed E-state index contributed by atoms with van der Waals surface area (Å²) in [4.78, 5) is 12.9. The number of methoxy groups -OCH3 is 1. The van der Waals surface area contributed by atoms with Gasteiger partial charge in [-0.05, 0) is 42.0 Å². The number of anilines is 2. The fourth-order valence-corrected chi connectivity index (χ4v) is 2.57. The second-order valence-electron chi connectivity index (χ2n) is 5.72. The molecule has 3 aromatic carbocycles. The van der Waals surface area contributed by atoms with Gasteiger partial charge in [-0.2, -0.15) is 0 Å². The Hall–Kier alpha value is -3.34. The molecule has 0 spiro atoms. The first kappa shape index (κ1) is 17.5. The van der Waals surface area contributed by atoms with Crippen molar-refractivity contribution in [2.45, 2.75) is 6.04 Å². The van der Waals surface area contributed by atoms with Crippen molar-refractivity contribution in [3.05, 3.63) is 90.2 Å². The van der Waals surface area contributed by atoms with Gasteiger partial charge in [0.1, 0.15) is 17.6 Å². The molecule has 3 aromatic rings. The van der Waals surface area contributed by atoms with Crippen LogP contribution < -0.4 is 15.4 Å². The molecular weight excluding hydrogens is 331 g/mol. The number of carbonyl (C=O) groups is 1. The van der Waals surface area contributed by atoms with E-state index < -0.39 is 6.04 Å². The van der Waals surface area contributed by atoms with Crippen molar-refractivity contribution >= 4 is 17.3 Å². The van der Waals surface area contributed by atoms with Gasteiger partial charge < -0.3 is 15.4 Å². The van der Waals surface area contributed by atoms with E-state index in [9.17, 15) is 9.18 Å². The monoisotopic (exact) mass is 350 g/mol. The van der Waals surface area contributed by atoms with Gasteiger partial charge in [0.2, 0.25) is 0 Å². The normalized spacial score (nSPS) is 11.5. The maximum absolute atomic E-state index is 13.1. The molecule has 26 heavy (non-hydrogen) atoms. The average molecular weight is 350 g/mol. The SMILES string of the molecule is COc1cccc(N[C@@H](C(=O)Nc2ccc(F)cc2)c2ccccc2)c1. The number of amides is 1. The van der Waals surface area contributed by atoms with Gasteiger partial charge in [0.05, 0.1) is 7.11 Å². The summed E-state index contributed by atoms with van der Waals surface area (Å²) in [6, 6.07) is 21.8. The van der Waals surface area contributed by atoms with Crippen LogP contribution in [0.2, 0.25) is 0 Å². The van der Waals surface area contributed by atoms with E-state index in [1.165, 1.54) is 24.3 Å². The van der Waals surface area contributed by atoms with Crippen LogP contribution in [0.25, 0.3) is 0 Å². The first-order valence-corrected chi connectivity index (χ1v) is 8.17. The first-order valence-electron chi connectivity index (χ1n) is 8.17. The van der Waals surface area contributed by atoms with E-state index in [0.717, 1.165) is 11.3 Å². The molecule has 1 atom stereocenters. The highest BCUT2D eigenvalue weighted by atomic mass is 19.1. The van der Waals surface area contributed by atoms with Crippen LogP contribution in [0, 0.1) is 5.82 Å². The molecule has 0 saturated heterocycles. The Bertz CT molecular complexity index is 867. The Morgan fingerprint density at radius 1 is 0.923 bits per heavy atom. The van der Waals surface area contributed by atoms with Crippen molar-refractivity contribution in [2.75, 3.05) is 17.7 Å². The summed E-state index contributed by atoms with van der Waals surface area (Å²) in [5.41, 5.74) is 2.10. The van der Waals surface area contributed by atoms with Gasteiger partial charge in [-0.15, -0.1) is 0 Å². The second-order valence-corrected chi connectivity index (χ2v) is 5.72. The van der Waals surface area contributed by atoms with Crippen LogP contribution in [0.5, 0.6) is 5.75 Å². The topological polar surface area (TPSA) is 50.4 Å². The molecule has 0 saturated carbocycles. The number of halogens is 1. The van der Waals surface area contributed by atoms with E-state index >= 15 is 0 Å². The molecule has 0 heterocycles. The van der Waals surface area contributed by atoms with Crippen molar-refractivity contribution in [3.8, 4) is 5.75 Å². The van der Waals surface area contributed by atoms with Crippen molar-refractivity contribution < 1.29 is 13.9 Å². The molecule has 0 aliphatic rings. The molecule has 3 rings (SSSR count). The van der Waals surface area contributed by atoms with E-state index in [1.807, 2.05) is 54.6 Å². The third kappa shape index (κ3) is 4.39. The number of rotatable bonds is 6. The number of hydrogen-bond donors (Lipinski definition) is 2. The summed E-state index contributed by atoms with van der Waals surface area (Å²) < 4.78 is 18.3. The largest absolute Gasteiger partial charge is 0.497 e. The molecule has 2 N–H and O–H groups in total. The molecule has 4 nitrogen and oxygen atoms in total. The zero-order chi connectivity index (χ0) is 18.4. The smallest absolute Gasteiger partial charge is 0.251 e. The summed E-state index contributed by atoms with van der Waals surface area (Å²) in [5.74, 6) is 0.100. The van der Waals surface area contributed by atoms with Crippen LogP contribution in [0.3, 0.4) is 0 Å². The lowest BCUT2D eigenvalue weighted by molar-refractivity contribution is -0.117. The van der Waals surface area contributed by atoms with Gasteiger partial charge in [0.15, 0.2) is 0 Å². The molecule has 0 aliphatic carbocycles. The maximum atomic E-state index is 13.1. The van der Waals surface area contributed by atoms with Gasteiger partial charge in [-0.3, -0.25) is 4.79 Å². The fraction of sp³-hybridized carbons (Fsp3) is 0.0952. The summed E-state index contributed by atoms with van der Waals surface area (Å²) >= 11 is 0. The third-order valence-corrected chi connectivity index (χ3v) is 3.89. The van der Waals surface area contributed by atoms with Gasteiger partial charge in [0, 0.05) is 17.4 Å². The quantitative estimate of drug-likeness (QED) is 0.682. The molecule has 5 heteroatoms. The van der Waals surface area contributed by atoms with E-state index in [-0.39, 0.29) is 11.7 Å². The van der Waals surface area contributed by atoms with Crippen molar-refractivity contribution in [1.82, 2.24) is 0 Å². The highest BCUT2D eigenvalue weighted by Crippen LogP contribution is 2.24. The predicted molar refractivity (Wildman–Crippen MR) is 101 cm³/mol. The maximum Gasteiger partial charge on any atom is 0.251 e. The summed E-state index contributed by atoms with van der Waals surface area (Å²) in [6.07, 6.45) is 0. The summed E-state index contributed by atoms with van der Waals surface area (Å²) in [7, 11) is 1.59. The van der Waals surface area contributed by atoms with E-state index in [2.05, 4.69) is 10.6 Å². The molecule has 0 bridgehead atoms. The molecule has 0 fully saturated rings. The standard InChI is InChI=1S/C21H19FN2O2/c1-26-19-9-5-8-18(14-19)23-20(15-6-3-2-4-7-15)21(25)24-17-12-10-16(22)11-13-17/h2-14,20,23H,1H3,(H,24,25)/t20-/m1/s1. The molecule has 132 valence electrons. The van der Waals surface area contributed by atoms with Gasteiger partial charge in [-0.1, -0.05) is 36.4 Å². The summed E-state index contributed by atoms with van der Waals surface area (Å²) in [6.45, 7) is 0. The highest BCUT2D eigenvalue weighted by molar-refractivity contribution is 5.97. The van der Waals surface area contributed by atoms with Crippen LogP contribution >= 0.6 is 0 Å². The van der Waals surface area contributed by atoms with E-state index in [0.29, 0.717) is 11.4 Å². The first-order chi connectivity index (χ1) is 12.7. The molecule has 0 aromatic heterocycles. The van der Waals surface area contributed by atoms with Crippen LogP contribution in [0.15, 0.2) is 78.9 Å². The number of ether oxygens (including phenoxy) is 1. The lowest BCUT2D eigenvalue weighted by atomic mass is 10.1. The number of hydrogen-bond acceptors (Lipinski definition) is 3. The Kier molecular flexibility index (Phi) is 5.49. The van der Waals surface area contributed by atoms with Crippen LogP contribution in [-0.2, 0) is 4.79 Å². The van der Waals surface area contributed by atoms with Crippen molar-refractivity contribution in [1.29, 1.82) is 0 Å². The lowest BCUT2D eigenvalue weighted by Crippen LogP contribution is -2.27. The molecule has 1 amide bonds. The van der Waals surface area contributed by atoms with Crippen molar-refractivity contribution in [2.24, 2.45) is 0 Å². The molecule has 0 unspecified atom stereocenters. The van der Waals surface area contributed by atoms with Gasteiger partial charge >= 0.3 is 0 Å². The highest BCUT2D eigenvalue weighted by Gasteiger charge is 2.20. The molecule has 0 radical (unpaired) electrons. The van der Waals surface area contributed by atoms with E-state index in [4.69, 9.17) is 4.74 Å². The minimum atomic E-state index is -0.617. The molecular formula is C21H19FN2O2. The van der Waals surface area contributed by atoms with Crippen LogP contribution in [0.4, 0.5) is 15.8 Å². The minimum absolute atomic E-state index is 0.245. The van der Waals surface area contributed by atoms with Crippen LogP contribution in [-0.4, -0.2) is 13.0 Å². The Balaban J connectivity index is 1.85. The van der Waals surface area contributed by atoms with Gasteiger partial charge in [0.25, 0.3) is 5.91 Å². The molecule has 0 aliphatic heterocycles. The summed E-state index contributed by atoms with van der Waals surface area (Å²) in [5, 5.41) is 6.05. The lowest BCUT2D eigenvalue weighted by Gasteiger charge is -2.20. The zero-order valence-electron chi connectivity index (χ0n) is 14.3. The second kappa shape index (κ2) is 8.16. The number of carbonyl (C=O) groups excluding carboxylic acids is 1. The zero-order valence-corrected chi connectivity index (χ0v) is 14.3. The average Bonchev–Trinajstić information content (AvgIpc) is 2.68. The van der Waals surface area contributed by atoms with E-state index in [1.54, 1.807) is 7.11 Å². The fourth-order valence-electron chi connectivity index (χ4n) is 2.57. The van der Waals surface area contributed by atoms with Crippen LogP contribution in [0.1, 0.15) is 11.6 Å². The van der Waals surface area contributed by atoms with Gasteiger partial charge in [-0.25, -0.2) is 4.39 Å². The Morgan fingerprint density at radius 2 is 1.65 bits per heavy atom. The minimum Gasteiger partial charge on any atom is -0.497 e.